The Balaban J connectivity index is 1.95. The highest BCUT2D eigenvalue weighted by Crippen LogP contribution is 2.33. The van der Waals surface area contributed by atoms with Gasteiger partial charge < -0.3 is 14.5 Å². The minimum Gasteiger partial charge on any atom is -0.508 e. The van der Waals surface area contributed by atoms with Crippen LogP contribution in [-0.4, -0.2) is 35.3 Å². The molecule has 0 radical (unpaired) electrons. The summed E-state index contributed by atoms with van der Waals surface area (Å²) in [6, 6.07) is 5.22. The van der Waals surface area contributed by atoms with Crippen molar-refractivity contribution in [2.75, 3.05) is 20.1 Å². The molecule has 4 heteroatoms. The van der Waals surface area contributed by atoms with Crippen molar-refractivity contribution in [3.05, 3.63) is 23.9 Å². The first kappa shape index (κ1) is 10.6. The van der Waals surface area contributed by atoms with Gasteiger partial charge in [-0.25, -0.2) is 0 Å². The molecule has 0 atom stereocenters. The van der Waals surface area contributed by atoms with Gasteiger partial charge in [-0.2, -0.15) is 0 Å². The molecule has 1 aliphatic rings. The van der Waals surface area contributed by atoms with Crippen LogP contribution in [0.25, 0.3) is 11.0 Å². The highest BCUT2D eigenvalue weighted by atomic mass is 16.5. The lowest BCUT2D eigenvalue weighted by Crippen LogP contribution is -2.29. The van der Waals surface area contributed by atoms with Gasteiger partial charge in [0.05, 0.1) is 5.69 Å². The molecule has 1 aromatic heterocycles. The Labute approximate surface area is 99.8 Å². The van der Waals surface area contributed by atoms with E-state index in [-0.39, 0.29) is 5.75 Å². The third-order valence-corrected chi connectivity index (χ3v) is 3.59. The lowest BCUT2D eigenvalue weighted by atomic mass is 9.92. The van der Waals surface area contributed by atoms with Crippen LogP contribution in [0.4, 0.5) is 0 Å². The van der Waals surface area contributed by atoms with Gasteiger partial charge in [-0.3, -0.25) is 0 Å². The Morgan fingerprint density at radius 1 is 1.35 bits per heavy atom. The van der Waals surface area contributed by atoms with E-state index in [0.29, 0.717) is 11.5 Å². The number of phenolic OH excluding ortho intramolecular Hbond substituents is 1. The van der Waals surface area contributed by atoms with E-state index in [0.717, 1.165) is 37.0 Å². The SMILES string of the molecule is CN1CCC(c2noc3cc(O)ccc23)CC1. The van der Waals surface area contributed by atoms with Gasteiger partial charge in [-0.05, 0) is 45.1 Å². The van der Waals surface area contributed by atoms with Crippen LogP contribution in [-0.2, 0) is 0 Å². The Morgan fingerprint density at radius 3 is 2.88 bits per heavy atom. The summed E-state index contributed by atoms with van der Waals surface area (Å²) in [4.78, 5) is 2.34. The fourth-order valence-corrected chi connectivity index (χ4v) is 2.52. The second-order valence-corrected chi connectivity index (χ2v) is 4.83. The van der Waals surface area contributed by atoms with E-state index in [9.17, 15) is 5.11 Å². The zero-order valence-corrected chi connectivity index (χ0v) is 9.89. The molecule has 0 amide bonds. The van der Waals surface area contributed by atoms with Gasteiger partial charge >= 0.3 is 0 Å². The van der Waals surface area contributed by atoms with E-state index in [1.807, 2.05) is 6.07 Å². The maximum Gasteiger partial charge on any atom is 0.170 e. The third kappa shape index (κ3) is 1.89. The topological polar surface area (TPSA) is 49.5 Å². The second-order valence-electron chi connectivity index (χ2n) is 4.83. The molecule has 90 valence electrons. The molecule has 0 bridgehead atoms. The van der Waals surface area contributed by atoms with Crippen molar-refractivity contribution in [3.8, 4) is 5.75 Å². The quantitative estimate of drug-likeness (QED) is 0.820. The average Bonchev–Trinajstić information content (AvgIpc) is 2.73. The van der Waals surface area contributed by atoms with E-state index in [1.54, 1.807) is 12.1 Å². The normalized spacial score (nSPS) is 18.9. The Kier molecular flexibility index (Phi) is 2.52. The Bertz CT molecular complexity index is 527. The number of hydrogen-bond donors (Lipinski definition) is 1. The van der Waals surface area contributed by atoms with Crippen LogP contribution in [0.15, 0.2) is 22.7 Å². The Morgan fingerprint density at radius 2 is 2.12 bits per heavy atom. The molecule has 1 aromatic carbocycles. The van der Waals surface area contributed by atoms with Crippen LogP contribution in [0.1, 0.15) is 24.5 Å². The third-order valence-electron chi connectivity index (χ3n) is 3.59. The van der Waals surface area contributed by atoms with E-state index >= 15 is 0 Å². The summed E-state index contributed by atoms with van der Waals surface area (Å²) in [6.07, 6.45) is 2.25. The van der Waals surface area contributed by atoms with Crippen LogP contribution in [0.5, 0.6) is 5.75 Å². The molecule has 17 heavy (non-hydrogen) atoms. The number of rotatable bonds is 1. The molecule has 0 unspecified atom stereocenters. The van der Waals surface area contributed by atoms with Crippen molar-refractivity contribution < 1.29 is 9.63 Å². The summed E-state index contributed by atoms with van der Waals surface area (Å²) >= 11 is 0. The number of hydrogen-bond acceptors (Lipinski definition) is 4. The summed E-state index contributed by atoms with van der Waals surface area (Å²) < 4.78 is 5.29. The first-order chi connectivity index (χ1) is 8.24. The molecule has 2 heterocycles. The van der Waals surface area contributed by atoms with Crippen molar-refractivity contribution in [2.45, 2.75) is 18.8 Å². The first-order valence-corrected chi connectivity index (χ1v) is 6.01. The summed E-state index contributed by atoms with van der Waals surface area (Å²) in [7, 11) is 2.15. The first-order valence-electron chi connectivity index (χ1n) is 6.01. The number of aromatic hydroxyl groups is 1. The fraction of sp³-hybridized carbons (Fsp3) is 0.462. The highest BCUT2D eigenvalue weighted by Gasteiger charge is 2.23. The van der Waals surface area contributed by atoms with Gasteiger partial charge in [0, 0.05) is 17.4 Å². The molecule has 4 nitrogen and oxygen atoms in total. The molecular weight excluding hydrogens is 216 g/mol. The molecule has 0 aliphatic carbocycles. The number of piperidine rings is 1. The van der Waals surface area contributed by atoms with E-state index < -0.39 is 0 Å². The van der Waals surface area contributed by atoms with Crippen molar-refractivity contribution >= 4 is 11.0 Å². The standard InChI is InChI=1S/C13H16N2O2/c1-15-6-4-9(5-7-15)13-11-3-2-10(16)8-12(11)17-14-13/h2-3,8-9,16H,4-7H2,1H3. The van der Waals surface area contributed by atoms with Gasteiger partial charge in [0.2, 0.25) is 0 Å². The van der Waals surface area contributed by atoms with Gasteiger partial charge in [0.15, 0.2) is 5.58 Å². The summed E-state index contributed by atoms with van der Waals surface area (Å²) in [5, 5.41) is 14.6. The van der Waals surface area contributed by atoms with Crippen molar-refractivity contribution in [3.63, 3.8) is 0 Å². The second kappa shape index (κ2) is 4.04. The molecule has 0 saturated carbocycles. The number of phenols is 1. The molecule has 0 spiro atoms. The van der Waals surface area contributed by atoms with Crippen LogP contribution in [0, 0.1) is 0 Å². The maximum atomic E-state index is 9.39. The fourth-order valence-electron chi connectivity index (χ4n) is 2.52. The molecule has 2 aromatic rings. The van der Waals surface area contributed by atoms with E-state index in [2.05, 4.69) is 17.1 Å². The van der Waals surface area contributed by atoms with Crippen LogP contribution >= 0.6 is 0 Å². The zero-order valence-electron chi connectivity index (χ0n) is 9.89. The van der Waals surface area contributed by atoms with Crippen molar-refractivity contribution in [1.29, 1.82) is 0 Å². The smallest absolute Gasteiger partial charge is 0.170 e. The minimum atomic E-state index is 0.226. The monoisotopic (exact) mass is 232 g/mol. The molecule has 1 saturated heterocycles. The number of nitrogens with zero attached hydrogens (tertiary/aromatic N) is 2. The Hall–Kier alpha value is -1.55. The van der Waals surface area contributed by atoms with Gasteiger partial charge in [0.1, 0.15) is 5.75 Å². The lowest BCUT2D eigenvalue weighted by Gasteiger charge is -2.27. The van der Waals surface area contributed by atoms with Crippen LogP contribution in [0.2, 0.25) is 0 Å². The zero-order chi connectivity index (χ0) is 11.8. The predicted octanol–water partition coefficient (Wildman–Crippen LogP) is 2.34. The maximum absolute atomic E-state index is 9.39. The largest absolute Gasteiger partial charge is 0.508 e. The highest BCUT2D eigenvalue weighted by molar-refractivity contribution is 5.81. The molecule has 1 aliphatic heterocycles. The van der Waals surface area contributed by atoms with Gasteiger partial charge in [-0.1, -0.05) is 5.16 Å². The summed E-state index contributed by atoms with van der Waals surface area (Å²) in [5.41, 5.74) is 1.73. The number of fused-ring (bicyclic) bond motifs is 1. The van der Waals surface area contributed by atoms with Crippen LogP contribution in [0.3, 0.4) is 0 Å². The predicted molar refractivity (Wildman–Crippen MR) is 65.1 cm³/mol. The van der Waals surface area contributed by atoms with Gasteiger partial charge in [0.25, 0.3) is 0 Å². The van der Waals surface area contributed by atoms with Crippen molar-refractivity contribution in [2.24, 2.45) is 0 Å². The molecular formula is C13H16N2O2. The molecule has 1 N–H and O–H groups in total. The lowest BCUT2D eigenvalue weighted by molar-refractivity contribution is 0.250. The summed E-state index contributed by atoms with van der Waals surface area (Å²) in [5.74, 6) is 0.709. The van der Waals surface area contributed by atoms with E-state index in [1.165, 1.54) is 0 Å². The molecule has 3 rings (SSSR count). The number of benzene rings is 1. The number of aromatic nitrogens is 1. The van der Waals surface area contributed by atoms with Crippen molar-refractivity contribution in [1.82, 2.24) is 10.1 Å². The van der Waals surface area contributed by atoms with E-state index in [4.69, 9.17) is 4.52 Å². The van der Waals surface area contributed by atoms with Gasteiger partial charge in [-0.15, -0.1) is 0 Å². The minimum absolute atomic E-state index is 0.226. The van der Waals surface area contributed by atoms with Crippen LogP contribution < -0.4 is 0 Å². The average molecular weight is 232 g/mol. The molecule has 1 fully saturated rings. The number of likely N-dealkylation sites (tertiary alicyclic amines) is 1. The summed E-state index contributed by atoms with van der Waals surface area (Å²) in [6.45, 7) is 2.22.